The third-order valence-corrected chi connectivity index (χ3v) is 4.87. The third-order valence-electron chi connectivity index (χ3n) is 3.87. The fourth-order valence-electron chi connectivity index (χ4n) is 2.04. The Hall–Kier alpha value is -1.40. The normalized spacial score (nSPS) is 14.5. The summed E-state index contributed by atoms with van der Waals surface area (Å²) >= 11 is 0. The van der Waals surface area contributed by atoms with Crippen molar-refractivity contribution in [2.24, 2.45) is 11.1 Å². The number of rotatable bonds is 6. The highest BCUT2D eigenvalue weighted by molar-refractivity contribution is 7.89. The molecule has 0 radical (unpaired) electrons. The summed E-state index contributed by atoms with van der Waals surface area (Å²) in [7, 11) is -3.83. The summed E-state index contributed by atoms with van der Waals surface area (Å²) in [6.45, 7) is 7.89. The molecule has 0 bridgehead atoms. The number of benzene rings is 1. The summed E-state index contributed by atoms with van der Waals surface area (Å²) in [5.41, 5.74) is 0.926. The van der Waals surface area contributed by atoms with Crippen LogP contribution in [0.4, 0.5) is 0 Å². The molecule has 3 N–H and O–H groups in total. The van der Waals surface area contributed by atoms with Gasteiger partial charge in [-0.3, -0.25) is 4.79 Å². The lowest BCUT2D eigenvalue weighted by atomic mass is 10.0. The maximum absolute atomic E-state index is 12.2. The first kappa shape index (κ1) is 17.7. The molecular weight excluding hydrogens is 288 g/mol. The van der Waals surface area contributed by atoms with Gasteiger partial charge in [0.1, 0.15) is 0 Å². The van der Waals surface area contributed by atoms with E-state index in [-0.39, 0.29) is 16.8 Å². The molecular formula is C15H24N2O3S. The maximum atomic E-state index is 12.2. The van der Waals surface area contributed by atoms with Crippen LogP contribution >= 0.6 is 0 Å². The molecule has 0 fully saturated rings. The molecule has 21 heavy (non-hydrogen) atoms. The van der Waals surface area contributed by atoms with Crippen LogP contribution in [-0.4, -0.2) is 20.4 Å². The predicted molar refractivity (Wildman–Crippen MR) is 83.6 cm³/mol. The lowest BCUT2D eigenvalue weighted by molar-refractivity contribution is 0.0928. The molecule has 118 valence electrons. The molecule has 0 saturated carbocycles. The monoisotopic (exact) mass is 312 g/mol. The second-order valence-electron chi connectivity index (χ2n) is 5.37. The minimum absolute atomic E-state index is 0.0197. The molecule has 5 nitrogen and oxygen atoms in total. The second kappa shape index (κ2) is 7.04. The molecule has 1 amide bonds. The Labute approximate surface area is 127 Å². The number of hydrogen-bond acceptors (Lipinski definition) is 3. The Balaban J connectivity index is 3.07. The van der Waals surface area contributed by atoms with Crippen molar-refractivity contribution >= 4 is 15.9 Å². The Morgan fingerprint density at radius 3 is 2.38 bits per heavy atom. The van der Waals surface area contributed by atoms with Crippen molar-refractivity contribution in [3.8, 4) is 0 Å². The van der Waals surface area contributed by atoms with E-state index in [1.807, 2.05) is 13.8 Å². The van der Waals surface area contributed by atoms with E-state index >= 15 is 0 Å². The van der Waals surface area contributed by atoms with E-state index in [0.29, 0.717) is 23.5 Å². The van der Waals surface area contributed by atoms with Gasteiger partial charge in [-0.1, -0.05) is 33.3 Å². The largest absolute Gasteiger partial charge is 0.349 e. The molecule has 6 heteroatoms. The zero-order valence-electron chi connectivity index (χ0n) is 13.0. The van der Waals surface area contributed by atoms with Crippen LogP contribution in [-0.2, 0) is 16.4 Å². The number of carbonyl (C=O) groups excluding carboxylic acids is 1. The average Bonchev–Trinajstić information content (AvgIpc) is 2.44. The number of amides is 1. The van der Waals surface area contributed by atoms with E-state index in [0.717, 1.165) is 6.42 Å². The van der Waals surface area contributed by atoms with Gasteiger partial charge < -0.3 is 5.32 Å². The molecule has 0 aliphatic rings. The van der Waals surface area contributed by atoms with Crippen molar-refractivity contribution in [2.75, 3.05) is 0 Å². The van der Waals surface area contributed by atoms with Gasteiger partial charge in [0.05, 0.1) is 4.90 Å². The van der Waals surface area contributed by atoms with Crippen LogP contribution in [0.2, 0.25) is 0 Å². The topological polar surface area (TPSA) is 89.3 Å². The first-order valence-corrected chi connectivity index (χ1v) is 8.71. The fraction of sp³-hybridized carbons (Fsp3) is 0.533. The van der Waals surface area contributed by atoms with Crippen molar-refractivity contribution in [1.29, 1.82) is 0 Å². The first-order valence-electron chi connectivity index (χ1n) is 7.17. The fourth-order valence-corrected chi connectivity index (χ4v) is 2.91. The van der Waals surface area contributed by atoms with Crippen LogP contribution in [0, 0.1) is 5.92 Å². The molecule has 0 heterocycles. The highest BCUT2D eigenvalue weighted by atomic mass is 32.2. The highest BCUT2D eigenvalue weighted by Gasteiger charge is 2.18. The van der Waals surface area contributed by atoms with Crippen molar-refractivity contribution in [3.63, 3.8) is 0 Å². The summed E-state index contributed by atoms with van der Waals surface area (Å²) in [5.74, 6) is 0.0666. The molecule has 2 atom stereocenters. The molecule has 0 aliphatic carbocycles. The zero-order chi connectivity index (χ0) is 16.2. The predicted octanol–water partition coefficient (Wildman–Crippen LogP) is 2.06. The summed E-state index contributed by atoms with van der Waals surface area (Å²) in [5, 5.41) is 8.10. The number of primary sulfonamides is 1. The van der Waals surface area contributed by atoms with Crippen LogP contribution in [0.15, 0.2) is 23.1 Å². The van der Waals surface area contributed by atoms with Crippen LogP contribution in [0.1, 0.15) is 50.0 Å². The Morgan fingerprint density at radius 2 is 1.90 bits per heavy atom. The standard InChI is InChI=1S/C15H24N2O3S/c1-5-10(3)11(4)17-15(18)13-8-7-12(6-2)14(9-13)21(16,19)20/h7-11H,5-6H2,1-4H3,(H,17,18)(H2,16,19,20). The van der Waals surface area contributed by atoms with E-state index in [2.05, 4.69) is 19.2 Å². The van der Waals surface area contributed by atoms with Crippen molar-refractivity contribution < 1.29 is 13.2 Å². The lowest BCUT2D eigenvalue weighted by Crippen LogP contribution is -2.37. The molecule has 1 rings (SSSR count). The number of aryl methyl sites for hydroxylation is 1. The summed E-state index contributed by atoms with van der Waals surface area (Å²) in [6, 6.07) is 4.65. The van der Waals surface area contributed by atoms with E-state index in [4.69, 9.17) is 5.14 Å². The van der Waals surface area contributed by atoms with Gasteiger partial charge >= 0.3 is 0 Å². The lowest BCUT2D eigenvalue weighted by Gasteiger charge is -2.20. The number of nitrogens with one attached hydrogen (secondary N) is 1. The van der Waals surface area contributed by atoms with Crippen molar-refractivity contribution in [2.45, 2.75) is 51.5 Å². The van der Waals surface area contributed by atoms with Gasteiger partial charge in [-0.15, -0.1) is 0 Å². The van der Waals surface area contributed by atoms with Gasteiger partial charge in [0, 0.05) is 11.6 Å². The van der Waals surface area contributed by atoms with E-state index in [9.17, 15) is 13.2 Å². The SMILES string of the molecule is CCc1ccc(C(=O)NC(C)C(C)CC)cc1S(N)(=O)=O. The van der Waals surface area contributed by atoms with Crippen LogP contribution in [0.3, 0.4) is 0 Å². The smallest absolute Gasteiger partial charge is 0.251 e. The van der Waals surface area contributed by atoms with Crippen LogP contribution in [0.25, 0.3) is 0 Å². The van der Waals surface area contributed by atoms with Crippen molar-refractivity contribution in [1.82, 2.24) is 5.32 Å². The van der Waals surface area contributed by atoms with E-state index < -0.39 is 10.0 Å². The van der Waals surface area contributed by atoms with Gasteiger partial charge in [-0.05, 0) is 37.0 Å². The summed E-state index contributed by atoms with van der Waals surface area (Å²) in [4.78, 5) is 12.2. The summed E-state index contributed by atoms with van der Waals surface area (Å²) < 4.78 is 23.2. The van der Waals surface area contributed by atoms with Gasteiger partial charge in [-0.25, -0.2) is 13.6 Å². The van der Waals surface area contributed by atoms with Gasteiger partial charge in [0.25, 0.3) is 5.91 Å². The number of hydrogen-bond donors (Lipinski definition) is 2. The molecule has 2 unspecified atom stereocenters. The molecule has 1 aromatic rings. The number of carbonyl (C=O) groups is 1. The maximum Gasteiger partial charge on any atom is 0.251 e. The minimum atomic E-state index is -3.83. The van der Waals surface area contributed by atoms with E-state index in [1.54, 1.807) is 12.1 Å². The Kier molecular flexibility index (Phi) is 5.92. The van der Waals surface area contributed by atoms with Crippen LogP contribution in [0.5, 0.6) is 0 Å². The Morgan fingerprint density at radius 1 is 1.29 bits per heavy atom. The quantitative estimate of drug-likeness (QED) is 0.842. The van der Waals surface area contributed by atoms with Crippen LogP contribution < -0.4 is 10.5 Å². The third kappa shape index (κ3) is 4.54. The first-order chi connectivity index (χ1) is 9.70. The number of sulfonamides is 1. The highest BCUT2D eigenvalue weighted by Crippen LogP contribution is 2.18. The van der Waals surface area contributed by atoms with Crippen molar-refractivity contribution in [3.05, 3.63) is 29.3 Å². The van der Waals surface area contributed by atoms with Gasteiger partial charge in [0.2, 0.25) is 10.0 Å². The van der Waals surface area contributed by atoms with Gasteiger partial charge in [-0.2, -0.15) is 0 Å². The average molecular weight is 312 g/mol. The molecule has 0 aliphatic heterocycles. The molecule has 0 aromatic heterocycles. The second-order valence-corrected chi connectivity index (χ2v) is 6.90. The van der Waals surface area contributed by atoms with Gasteiger partial charge in [0.15, 0.2) is 0 Å². The Bertz CT molecular complexity index is 611. The molecule has 0 saturated heterocycles. The zero-order valence-corrected chi connectivity index (χ0v) is 13.8. The number of nitrogens with two attached hydrogens (primary N) is 1. The minimum Gasteiger partial charge on any atom is -0.349 e. The summed E-state index contributed by atoms with van der Waals surface area (Å²) in [6.07, 6.45) is 1.50. The molecule has 1 aromatic carbocycles. The van der Waals surface area contributed by atoms with E-state index in [1.165, 1.54) is 6.07 Å². The molecule has 0 spiro atoms.